The molecule has 3 saturated heterocycles. The maximum absolute atomic E-state index is 12.6. The van der Waals surface area contributed by atoms with Crippen LogP contribution < -0.4 is 20.9 Å². The number of likely N-dealkylation sites (tertiary alicyclic amines) is 1. The number of nitrogens with zero attached hydrogens (tertiary/aromatic N) is 5. The van der Waals surface area contributed by atoms with Crippen LogP contribution in [0.5, 0.6) is 0 Å². The Balaban J connectivity index is 0.853. The number of fused-ring (bicyclic) bond motifs is 1. The average Bonchev–Trinajstić information content (AvgIpc) is 3.13. The lowest BCUT2D eigenvalue weighted by Crippen LogP contribution is -2.47. The second kappa shape index (κ2) is 14.9. The predicted octanol–water partition coefficient (Wildman–Crippen LogP) is 5.58. The molecule has 1 atom stereocenters. The molecule has 270 valence electrons. The second-order valence-electron chi connectivity index (χ2n) is 15.3. The van der Waals surface area contributed by atoms with Gasteiger partial charge in [0, 0.05) is 55.4 Å². The van der Waals surface area contributed by atoms with Crippen LogP contribution in [0.4, 0.5) is 27.8 Å². The Hall–Kier alpha value is -4.71. The van der Waals surface area contributed by atoms with Crippen molar-refractivity contribution in [2.24, 2.45) is 0 Å². The average molecular weight is 695 g/mol. The van der Waals surface area contributed by atoms with E-state index in [0.29, 0.717) is 50.3 Å². The van der Waals surface area contributed by atoms with E-state index in [2.05, 4.69) is 79.3 Å². The quantitative estimate of drug-likeness (QED) is 0.270. The fourth-order valence-electron chi connectivity index (χ4n) is 7.70. The fourth-order valence-corrected chi connectivity index (χ4v) is 7.70. The third kappa shape index (κ3) is 8.61. The highest BCUT2D eigenvalue weighted by Gasteiger charge is 2.30. The van der Waals surface area contributed by atoms with Crippen molar-refractivity contribution in [1.82, 2.24) is 25.1 Å². The molecule has 7 rings (SSSR count). The third-order valence-electron chi connectivity index (χ3n) is 10.6. The molecule has 3 amide bonds. The summed E-state index contributed by atoms with van der Waals surface area (Å²) in [7, 11) is 0. The predicted molar refractivity (Wildman–Crippen MR) is 197 cm³/mol. The highest BCUT2D eigenvalue weighted by molar-refractivity contribution is 6.01. The van der Waals surface area contributed by atoms with E-state index in [4.69, 9.17) is 9.72 Å². The van der Waals surface area contributed by atoms with Crippen LogP contribution in [0.15, 0.2) is 54.7 Å². The molecule has 3 N–H and O–H groups in total. The number of nitrogens with one attached hydrogen (secondary N) is 3. The third-order valence-corrected chi connectivity index (χ3v) is 10.6. The van der Waals surface area contributed by atoms with Crippen LogP contribution in [0, 0.1) is 0 Å². The van der Waals surface area contributed by atoms with E-state index in [-0.39, 0.29) is 23.9 Å². The molecule has 0 spiro atoms. The molecule has 0 aliphatic carbocycles. The zero-order valence-electron chi connectivity index (χ0n) is 30.0. The van der Waals surface area contributed by atoms with Gasteiger partial charge in [0.05, 0.1) is 12.2 Å². The number of aromatic nitrogens is 2. The number of amides is 3. The molecule has 3 aromatic rings. The summed E-state index contributed by atoms with van der Waals surface area (Å²) < 4.78 is 5.56. The van der Waals surface area contributed by atoms with Crippen LogP contribution in [0.2, 0.25) is 0 Å². The van der Waals surface area contributed by atoms with Crippen molar-refractivity contribution in [3.05, 3.63) is 71.5 Å². The van der Waals surface area contributed by atoms with Crippen molar-refractivity contribution < 1.29 is 19.1 Å². The molecular formula is C39H50N8O4. The smallest absolute Gasteiger partial charge is 0.410 e. The van der Waals surface area contributed by atoms with E-state index < -0.39 is 5.60 Å². The van der Waals surface area contributed by atoms with Crippen LogP contribution in [0.1, 0.15) is 82.0 Å². The first-order valence-electron chi connectivity index (χ1n) is 18.5. The Bertz CT molecular complexity index is 1710. The zero-order valence-corrected chi connectivity index (χ0v) is 30.0. The van der Waals surface area contributed by atoms with Crippen molar-refractivity contribution >= 4 is 40.9 Å². The highest BCUT2D eigenvalue weighted by atomic mass is 16.6. The van der Waals surface area contributed by atoms with Gasteiger partial charge in [-0.05, 0) is 126 Å². The van der Waals surface area contributed by atoms with E-state index in [1.165, 1.54) is 11.3 Å². The maximum Gasteiger partial charge on any atom is 0.410 e. The van der Waals surface area contributed by atoms with Crippen LogP contribution in [-0.4, -0.2) is 88.1 Å². The Kier molecular flexibility index (Phi) is 10.1. The second-order valence-corrected chi connectivity index (χ2v) is 15.3. The summed E-state index contributed by atoms with van der Waals surface area (Å²) in [4.78, 5) is 52.3. The monoisotopic (exact) mass is 694 g/mol. The molecule has 3 fully saturated rings. The molecule has 5 heterocycles. The van der Waals surface area contributed by atoms with Crippen molar-refractivity contribution in [3.8, 4) is 0 Å². The van der Waals surface area contributed by atoms with Gasteiger partial charge in [-0.3, -0.25) is 14.9 Å². The fraction of sp³-hybridized carbons (Fsp3) is 0.513. The van der Waals surface area contributed by atoms with E-state index in [1.807, 2.05) is 27.0 Å². The van der Waals surface area contributed by atoms with Gasteiger partial charge < -0.3 is 30.1 Å². The molecular weight excluding hydrogens is 644 g/mol. The van der Waals surface area contributed by atoms with Gasteiger partial charge in [-0.15, -0.1) is 0 Å². The van der Waals surface area contributed by atoms with Crippen molar-refractivity contribution in [3.63, 3.8) is 0 Å². The van der Waals surface area contributed by atoms with Crippen molar-refractivity contribution in [2.45, 2.75) is 95.9 Å². The zero-order chi connectivity index (χ0) is 35.5. The molecule has 0 bridgehead atoms. The number of carbonyl (C=O) groups is 3. The summed E-state index contributed by atoms with van der Waals surface area (Å²) in [6.45, 7) is 11.0. The number of rotatable bonds is 7. The molecule has 12 heteroatoms. The number of benzene rings is 2. The first kappa shape index (κ1) is 34.7. The van der Waals surface area contributed by atoms with Crippen LogP contribution in [0.25, 0.3) is 0 Å². The van der Waals surface area contributed by atoms with Gasteiger partial charge in [0.15, 0.2) is 0 Å². The van der Waals surface area contributed by atoms with Gasteiger partial charge in [0.1, 0.15) is 11.6 Å². The minimum Gasteiger partial charge on any atom is -0.444 e. The number of piperidine rings is 3. The first-order chi connectivity index (χ1) is 24.6. The number of hydrogen-bond acceptors (Lipinski definition) is 10. The molecule has 0 radical (unpaired) electrons. The Morgan fingerprint density at radius 3 is 2.25 bits per heavy atom. The van der Waals surface area contributed by atoms with Crippen LogP contribution in [0.3, 0.4) is 0 Å². The van der Waals surface area contributed by atoms with Crippen molar-refractivity contribution in [1.29, 1.82) is 0 Å². The van der Waals surface area contributed by atoms with E-state index in [0.717, 1.165) is 74.5 Å². The van der Waals surface area contributed by atoms with Gasteiger partial charge in [-0.1, -0.05) is 12.1 Å². The summed E-state index contributed by atoms with van der Waals surface area (Å²) in [5.41, 5.74) is 5.82. The first-order valence-corrected chi connectivity index (χ1v) is 18.5. The number of hydrogen-bond donors (Lipinski definition) is 3. The van der Waals surface area contributed by atoms with Crippen LogP contribution >= 0.6 is 0 Å². The molecule has 4 aliphatic rings. The topological polar surface area (TPSA) is 132 Å². The minimum atomic E-state index is -0.533. The number of carbonyl (C=O) groups excluding carboxylic acids is 3. The van der Waals surface area contributed by atoms with E-state index in [1.54, 1.807) is 4.90 Å². The summed E-state index contributed by atoms with van der Waals surface area (Å²) in [6.07, 6.45) is 7.80. The maximum atomic E-state index is 12.6. The van der Waals surface area contributed by atoms with E-state index in [9.17, 15) is 14.4 Å². The lowest BCUT2D eigenvalue weighted by Gasteiger charge is -2.42. The molecule has 4 aliphatic heterocycles. The van der Waals surface area contributed by atoms with Gasteiger partial charge in [-0.2, -0.15) is 0 Å². The largest absolute Gasteiger partial charge is 0.444 e. The standard InChI is InChI=1S/C39H50N8O4/c1-39(2,3)51-38(50)47-21-16-28-24-40-37(43-34(28)25-47)42-30-8-10-31(11-9-30)46-22-17-32(18-23-46)45-19-14-27(15-20-45)26-4-6-29(7-5-26)41-33-12-13-35(48)44-36(33)49/h4-11,24,27,32-33,41H,12-23,25H2,1-3H3,(H,40,42,43)(H,44,48,49). The molecule has 0 saturated carbocycles. The molecule has 1 aromatic heterocycles. The SMILES string of the molecule is CC(C)(C)OC(=O)N1CCc2cnc(Nc3ccc(N4CCC(N5CCC(c6ccc(NC7CCC(=O)NC7=O)cc6)CC5)CC4)cc3)nc2C1. The van der Waals surface area contributed by atoms with Gasteiger partial charge in [-0.25, -0.2) is 14.8 Å². The van der Waals surface area contributed by atoms with E-state index >= 15 is 0 Å². The minimum absolute atomic E-state index is 0.194. The summed E-state index contributed by atoms with van der Waals surface area (Å²) in [6, 6.07) is 17.3. The molecule has 12 nitrogen and oxygen atoms in total. The highest BCUT2D eigenvalue weighted by Crippen LogP contribution is 2.33. The van der Waals surface area contributed by atoms with Crippen LogP contribution in [-0.2, 0) is 27.3 Å². The van der Waals surface area contributed by atoms with Crippen molar-refractivity contribution in [2.75, 3.05) is 48.3 Å². The molecule has 1 unspecified atom stereocenters. The van der Waals surface area contributed by atoms with Gasteiger partial charge >= 0.3 is 6.09 Å². The lowest BCUT2D eigenvalue weighted by atomic mass is 9.88. The number of anilines is 4. The normalized spacial score (nSPS) is 20.8. The molecule has 2 aromatic carbocycles. The number of ether oxygens (including phenoxy) is 1. The summed E-state index contributed by atoms with van der Waals surface area (Å²) in [5.74, 6) is 0.640. The molecule has 51 heavy (non-hydrogen) atoms. The van der Waals surface area contributed by atoms with Gasteiger partial charge in [0.2, 0.25) is 17.8 Å². The Labute approximate surface area is 300 Å². The Morgan fingerprint density at radius 2 is 1.57 bits per heavy atom. The number of imide groups is 1. The Morgan fingerprint density at radius 1 is 0.863 bits per heavy atom. The summed E-state index contributed by atoms with van der Waals surface area (Å²) >= 11 is 0. The summed E-state index contributed by atoms with van der Waals surface area (Å²) in [5, 5.41) is 9.04. The lowest BCUT2D eigenvalue weighted by molar-refractivity contribution is -0.133. The van der Waals surface area contributed by atoms with Gasteiger partial charge in [0.25, 0.3) is 0 Å².